The van der Waals surface area contributed by atoms with Gasteiger partial charge in [-0.3, -0.25) is 0 Å². The Hall–Kier alpha value is -1.14. The minimum atomic E-state index is -0.368. The number of hydrogen-bond acceptors (Lipinski definition) is 3. The van der Waals surface area contributed by atoms with E-state index in [0.717, 1.165) is 15.6 Å². The van der Waals surface area contributed by atoms with Crippen molar-refractivity contribution in [1.82, 2.24) is 9.88 Å². The van der Waals surface area contributed by atoms with Crippen LogP contribution in [0.4, 0.5) is 4.79 Å². The summed E-state index contributed by atoms with van der Waals surface area (Å²) in [6.07, 6.45) is -0.368. The lowest BCUT2D eigenvalue weighted by molar-refractivity contribution is 0.157. The van der Waals surface area contributed by atoms with Crippen LogP contribution in [-0.2, 0) is 0 Å². The van der Waals surface area contributed by atoms with E-state index in [4.69, 9.17) is 4.74 Å². The van der Waals surface area contributed by atoms with E-state index < -0.39 is 0 Å². The zero-order valence-corrected chi connectivity index (χ0v) is 15.3. The second-order valence-electron chi connectivity index (χ2n) is 4.56. The van der Waals surface area contributed by atoms with Gasteiger partial charge in [-0.1, -0.05) is 15.9 Å². The van der Waals surface area contributed by atoms with E-state index >= 15 is 0 Å². The number of aryl methyl sites for hydroxylation is 1. The number of nitrogens with zero attached hydrogens (tertiary/aromatic N) is 2. The van der Waals surface area contributed by atoms with Crippen molar-refractivity contribution in [2.75, 3.05) is 13.1 Å². The van der Waals surface area contributed by atoms with Gasteiger partial charge in [-0.05, 0) is 54.9 Å². The monoisotopic (exact) mass is 414 g/mol. The highest BCUT2D eigenvalue weighted by Gasteiger charge is 2.18. The first-order valence-electron chi connectivity index (χ1n) is 6.70. The van der Waals surface area contributed by atoms with Gasteiger partial charge in [0, 0.05) is 28.6 Å². The Morgan fingerprint density at radius 3 is 2.52 bits per heavy atom. The third kappa shape index (κ3) is 3.37. The number of aromatic nitrogens is 1. The average molecular weight is 416 g/mol. The molecule has 0 bridgehead atoms. The molecule has 0 aliphatic rings. The molecule has 0 saturated heterocycles. The molecule has 0 radical (unpaired) electrons. The molecule has 21 heavy (non-hydrogen) atoms. The third-order valence-corrected chi connectivity index (χ3v) is 4.43. The molecule has 0 aliphatic heterocycles. The predicted octanol–water partition coefficient (Wildman–Crippen LogP) is 4.91. The van der Waals surface area contributed by atoms with Crippen molar-refractivity contribution in [3.8, 4) is 5.75 Å². The second-order valence-corrected chi connectivity index (χ2v) is 6.27. The van der Waals surface area contributed by atoms with Crippen LogP contribution in [0.5, 0.6) is 5.75 Å². The number of pyridine rings is 1. The summed E-state index contributed by atoms with van der Waals surface area (Å²) >= 11 is 6.96. The molecule has 0 fully saturated rings. The predicted molar refractivity (Wildman–Crippen MR) is 90.8 cm³/mol. The molecule has 0 spiro atoms. The number of carbonyl (C=O) groups is 1. The van der Waals surface area contributed by atoms with Crippen molar-refractivity contribution >= 4 is 48.9 Å². The topological polar surface area (TPSA) is 42.4 Å². The highest BCUT2D eigenvalue weighted by molar-refractivity contribution is 9.11. The number of hydrogen-bond donors (Lipinski definition) is 0. The smallest absolute Gasteiger partial charge is 0.407 e. The van der Waals surface area contributed by atoms with Crippen molar-refractivity contribution in [2.45, 2.75) is 20.8 Å². The molecule has 0 N–H and O–H groups in total. The van der Waals surface area contributed by atoms with Gasteiger partial charge >= 0.3 is 6.09 Å². The largest absolute Gasteiger partial charge is 0.415 e. The van der Waals surface area contributed by atoms with Gasteiger partial charge in [0.15, 0.2) is 5.75 Å². The molecule has 1 aromatic carbocycles. The first-order valence-corrected chi connectivity index (χ1v) is 8.28. The first kappa shape index (κ1) is 16.2. The normalized spacial score (nSPS) is 10.7. The lowest BCUT2D eigenvalue weighted by Crippen LogP contribution is -2.33. The van der Waals surface area contributed by atoms with Crippen molar-refractivity contribution in [2.24, 2.45) is 0 Å². The molecule has 0 atom stereocenters. The van der Waals surface area contributed by atoms with E-state index in [2.05, 4.69) is 36.8 Å². The molecule has 4 nitrogen and oxygen atoms in total. The van der Waals surface area contributed by atoms with Crippen LogP contribution in [0.3, 0.4) is 0 Å². The van der Waals surface area contributed by atoms with Crippen LogP contribution in [0.25, 0.3) is 10.9 Å². The van der Waals surface area contributed by atoms with Crippen molar-refractivity contribution in [1.29, 1.82) is 0 Å². The van der Waals surface area contributed by atoms with E-state index in [1.807, 2.05) is 39.0 Å². The summed E-state index contributed by atoms with van der Waals surface area (Å²) in [7, 11) is 0. The second kappa shape index (κ2) is 6.75. The molecule has 6 heteroatoms. The van der Waals surface area contributed by atoms with E-state index in [0.29, 0.717) is 28.8 Å². The summed E-state index contributed by atoms with van der Waals surface area (Å²) in [5.74, 6) is 0.453. The highest BCUT2D eigenvalue weighted by Crippen LogP contribution is 2.37. The average Bonchev–Trinajstić information content (AvgIpc) is 2.44. The highest BCUT2D eigenvalue weighted by atomic mass is 79.9. The number of halogens is 2. The lowest BCUT2D eigenvalue weighted by Gasteiger charge is -2.19. The molecule has 1 aromatic heterocycles. The fraction of sp³-hybridized carbons (Fsp3) is 0.333. The zero-order valence-electron chi connectivity index (χ0n) is 12.1. The fourth-order valence-electron chi connectivity index (χ4n) is 2.02. The van der Waals surface area contributed by atoms with Gasteiger partial charge < -0.3 is 9.64 Å². The Labute approximate surface area is 140 Å². The van der Waals surface area contributed by atoms with Gasteiger partial charge in [0.1, 0.15) is 5.52 Å². The summed E-state index contributed by atoms with van der Waals surface area (Å²) in [6.45, 7) is 6.95. The summed E-state index contributed by atoms with van der Waals surface area (Å²) in [5, 5.41) is 0.908. The third-order valence-electron chi connectivity index (χ3n) is 3.19. The van der Waals surface area contributed by atoms with Crippen LogP contribution in [-0.4, -0.2) is 29.1 Å². The Morgan fingerprint density at radius 1 is 1.24 bits per heavy atom. The van der Waals surface area contributed by atoms with E-state index in [9.17, 15) is 4.79 Å². The van der Waals surface area contributed by atoms with Crippen LogP contribution in [0, 0.1) is 6.92 Å². The number of fused-ring (bicyclic) bond motifs is 1. The molecular formula is C15H16Br2N2O2. The van der Waals surface area contributed by atoms with Gasteiger partial charge in [-0.2, -0.15) is 0 Å². The lowest BCUT2D eigenvalue weighted by atomic mass is 10.2. The van der Waals surface area contributed by atoms with Gasteiger partial charge in [0.25, 0.3) is 0 Å². The Morgan fingerprint density at radius 2 is 1.90 bits per heavy atom. The standard InChI is InChI=1S/C15H16Br2N2O2/c1-4-19(5-2)15(20)21-14-12(17)8-11(16)10-7-6-9(3)18-13(10)14/h6-8H,4-5H2,1-3H3. The SMILES string of the molecule is CCN(CC)C(=O)Oc1c(Br)cc(Br)c2ccc(C)nc12. The molecule has 2 rings (SSSR count). The molecular weight excluding hydrogens is 400 g/mol. The molecule has 112 valence electrons. The van der Waals surface area contributed by atoms with Crippen molar-refractivity contribution in [3.63, 3.8) is 0 Å². The van der Waals surface area contributed by atoms with Crippen LogP contribution in [0.2, 0.25) is 0 Å². The van der Waals surface area contributed by atoms with Crippen LogP contribution < -0.4 is 4.74 Å². The minimum absolute atomic E-state index is 0.368. The fourth-order valence-corrected chi connectivity index (χ4v) is 3.37. The first-order chi connectivity index (χ1) is 9.97. The molecule has 2 aromatic rings. The molecule has 0 unspecified atom stereocenters. The minimum Gasteiger partial charge on any atom is -0.407 e. The summed E-state index contributed by atoms with van der Waals surface area (Å²) < 4.78 is 7.17. The van der Waals surface area contributed by atoms with Crippen molar-refractivity contribution < 1.29 is 9.53 Å². The van der Waals surface area contributed by atoms with Gasteiger partial charge in [-0.25, -0.2) is 9.78 Å². The van der Waals surface area contributed by atoms with Gasteiger partial charge in [-0.15, -0.1) is 0 Å². The Bertz CT molecular complexity index is 685. The van der Waals surface area contributed by atoms with Crippen LogP contribution in [0.1, 0.15) is 19.5 Å². The molecule has 0 saturated carbocycles. The Kier molecular flexibility index (Phi) is 5.22. The molecule has 1 amide bonds. The van der Waals surface area contributed by atoms with Gasteiger partial charge in [0.2, 0.25) is 0 Å². The number of rotatable bonds is 3. The number of benzene rings is 1. The van der Waals surface area contributed by atoms with Gasteiger partial charge in [0.05, 0.1) is 4.47 Å². The zero-order chi connectivity index (χ0) is 15.6. The molecule has 0 aliphatic carbocycles. The summed E-state index contributed by atoms with van der Waals surface area (Å²) in [5.41, 5.74) is 1.53. The molecule has 1 heterocycles. The van der Waals surface area contributed by atoms with Crippen molar-refractivity contribution in [3.05, 3.63) is 32.8 Å². The summed E-state index contributed by atoms with van der Waals surface area (Å²) in [6, 6.07) is 5.75. The maximum absolute atomic E-state index is 12.2. The number of carbonyl (C=O) groups excluding carboxylic acids is 1. The summed E-state index contributed by atoms with van der Waals surface area (Å²) in [4.78, 5) is 18.3. The van der Waals surface area contributed by atoms with Crippen LogP contribution in [0.15, 0.2) is 27.1 Å². The van der Waals surface area contributed by atoms with E-state index in [1.54, 1.807) is 4.90 Å². The van der Waals surface area contributed by atoms with E-state index in [1.165, 1.54) is 0 Å². The van der Waals surface area contributed by atoms with Crippen LogP contribution >= 0.6 is 31.9 Å². The maximum atomic E-state index is 12.2. The maximum Gasteiger partial charge on any atom is 0.415 e. The number of amides is 1. The quantitative estimate of drug-likeness (QED) is 0.715. The van der Waals surface area contributed by atoms with E-state index in [-0.39, 0.29) is 6.09 Å². The Balaban J connectivity index is 2.53. The number of ether oxygens (including phenoxy) is 1.